The van der Waals surface area contributed by atoms with E-state index in [2.05, 4.69) is 0 Å². The van der Waals surface area contributed by atoms with Crippen LogP contribution in [0, 0.1) is 5.82 Å². The first-order valence-corrected chi connectivity index (χ1v) is 5.09. The molecule has 4 heteroatoms. The maximum atomic E-state index is 13.7. The molecule has 0 aliphatic heterocycles. The molecule has 0 atom stereocenters. The van der Waals surface area contributed by atoms with E-state index in [4.69, 9.17) is 16.7 Å². The first-order valence-electron chi connectivity index (χ1n) is 4.71. The minimum atomic E-state index is -0.896. The molecule has 1 saturated carbocycles. The van der Waals surface area contributed by atoms with Crippen LogP contribution >= 0.6 is 11.6 Å². The fourth-order valence-corrected chi connectivity index (χ4v) is 2.07. The van der Waals surface area contributed by atoms with Crippen molar-refractivity contribution in [3.8, 4) is 0 Å². The lowest BCUT2D eigenvalue weighted by Gasteiger charge is -2.14. The van der Waals surface area contributed by atoms with Crippen LogP contribution in [-0.2, 0) is 10.2 Å². The molecule has 0 aromatic heterocycles. The Kier molecular flexibility index (Phi) is 2.43. The Balaban J connectivity index is 2.37. The van der Waals surface area contributed by atoms with Crippen LogP contribution in [-0.4, -0.2) is 11.1 Å². The predicted octanol–water partition coefficient (Wildman–Crippen LogP) is 2.99. The van der Waals surface area contributed by atoms with Crippen LogP contribution in [0.25, 0.3) is 0 Å². The third kappa shape index (κ3) is 1.84. The zero-order valence-corrected chi connectivity index (χ0v) is 8.72. The van der Waals surface area contributed by atoms with Crippen molar-refractivity contribution in [2.45, 2.75) is 24.7 Å². The summed E-state index contributed by atoms with van der Waals surface area (Å²) in [5, 5.41) is 8.81. The minimum Gasteiger partial charge on any atom is -0.481 e. The maximum absolute atomic E-state index is 13.7. The summed E-state index contributed by atoms with van der Waals surface area (Å²) in [5.41, 5.74) is -0.0710. The number of hydrogen-bond donors (Lipinski definition) is 1. The summed E-state index contributed by atoms with van der Waals surface area (Å²) in [6, 6.07) is 4.75. The molecular formula is C11H10ClFO2. The summed E-state index contributed by atoms with van der Waals surface area (Å²) in [6.45, 7) is 0. The highest BCUT2D eigenvalue weighted by molar-refractivity contribution is 6.30. The largest absolute Gasteiger partial charge is 0.481 e. The van der Waals surface area contributed by atoms with Gasteiger partial charge in [0.05, 0.1) is 11.4 Å². The van der Waals surface area contributed by atoms with Crippen molar-refractivity contribution in [1.29, 1.82) is 0 Å². The van der Waals surface area contributed by atoms with Gasteiger partial charge in [0.2, 0.25) is 0 Å². The Hall–Kier alpha value is -1.09. The average Bonchev–Trinajstić information content (AvgIpc) is 2.89. The Morgan fingerprint density at radius 2 is 2.20 bits per heavy atom. The number of halogens is 2. The van der Waals surface area contributed by atoms with Gasteiger partial charge in [-0.05, 0) is 24.5 Å². The topological polar surface area (TPSA) is 37.3 Å². The molecule has 1 aromatic rings. The SMILES string of the molecule is O=C(O)CC1(c2cccc(Cl)c2F)CC1. The molecule has 15 heavy (non-hydrogen) atoms. The van der Waals surface area contributed by atoms with Crippen molar-refractivity contribution in [3.05, 3.63) is 34.6 Å². The van der Waals surface area contributed by atoms with E-state index in [-0.39, 0.29) is 11.4 Å². The van der Waals surface area contributed by atoms with Gasteiger partial charge in [-0.1, -0.05) is 23.7 Å². The van der Waals surface area contributed by atoms with Crippen LogP contribution in [0.1, 0.15) is 24.8 Å². The highest BCUT2D eigenvalue weighted by atomic mass is 35.5. The maximum Gasteiger partial charge on any atom is 0.304 e. The smallest absolute Gasteiger partial charge is 0.304 e. The third-order valence-corrected chi connectivity index (χ3v) is 3.16. The first-order chi connectivity index (χ1) is 7.05. The summed E-state index contributed by atoms with van der Waals surface area (Å²) in [5.74, 6) is -1.37. The van der Waals surface area contributed by atoms with Gasteiger partial charge >= 0.3 is 5.97 Å². The summed E-state index contributed by atoms with van der Waals surface area (Å²) >= 11 is 5.66. The molecule has 2 nitrogen and oxygen atoms in total. The first kappa shape index (κ1) is 10.4. The molecule has 0 unspecified atom stereocenters. The van der Waals surface area contributed by atoms with Crippen molar-refractivity contribution in [1.82, 2.24) is 0 Å². The van der Waals surface area contributed by atoms with Crippen LogP contribution in [0.2, 0.25) is 5.02 Å². The number of aliphatic carboxylic acids is 1. The number of benzene rings is 1. The van der Waals surface area contributed by atoms with E-state index in [0.717, 1.165) is 12.8 Å². The van der Waals surface area contributed by atoms with E-state index < -0.39 is 17.2 Å². The molecule has 1 aliphatic carbocycles. The number of hydrogen-bond acceptors (Lipinski definition) is 1. The summed E-state index contributed by atoms with van der Waals surface area (Å²) in [4.78, 5) is 10.7. The highest BCUT2D eigenvalue weighted by Crippen LogP contribution is 2.52. The second-order valence-electron chi connectivity index (χ2n) is 3.95. The van der Waals surface area contributed by atoms with Crippen molar-refractivity contribution < 1.29 is 14.3 Å². The lowest BCUT2D eigenvalue weighted by molar-refractivity contribution is -0.137. The van der Waals surface area contributed by atoms with Crippen molar-refractivity contribution in [2.75, 3.05) is 0 Å². The second-order valence-corrected chi connectivity index (χ2v) is 4.36. The monoisotopic (exact) mass is 228 g/mol. The molecule has 0 heterocycles. The summed E-state index contributed by atoms with van der Waals surface area (Å²) in [7, 11) is 0. The number of rotatable bonds is 3. The van der Waals surface area contributed by atoms with Gasteiger partial charge < -0.3 is 5.11 Å². The molecule has 0 bridgehead atoms. The zero-order chi connectivity index (χ0) is 11.1. The van der Waals surface area contributed by atoms with Crippen LogP contribution in [0.3, 0.4) is 0 Å². The van der Waals surface area contributed by atoms with Gasteiger partial charge in [-0.25, -0.2) is 4.39 Å². The van der Waals surface area contributed by atoms with Crippen molar-refractivity contribution in [2.24, 2.45) is 0 Å². The Bertz CT molecular complexity index is 413. The van der Waals surface area contributed by atoms with Crippen LogP contribution in [0.15, 0.2) is 18.2 Å². The number of carboxylic acids is 1. The van der Waals surface area contributed by atoms with Gasteiger partial charge in [-0.2, -0.15) is 0 Å². The minimum absolute atomic E-state index is 0.0235. The Morgan fingerprint density at radius 3 is 2.73 bits per heavy atom. The van der Waals surface area contributed by atoms with E-state index in [1.807, 2.05) is 0 Å². The van der Waals surface area contributed by atoms with E-state index in [9.17, 15) is 9.18 Å². The fourth-order valence-electron chi connectivity index (χ4n) is 1.90. The molecule has 1 fully saturated rings. The molecular weight excluding hydrogens is 219 g/mol. The van der Waals surface area contributed by atoms with Crippen molar-refractivity contribution >= 4 is 17.6 Å². The van der Waals surface area contributed by atoms with Gasteiger partial charge in [0.15, 0.2) is 0 Å². The quantitative estimate of drug-likeness (QED) is 0.864. The van der Waals surface area contributed by atoms with Gasteiger partial charge in [0, 0.05) is 5.41 Å². The molecule has 0 amide bonds. The molecule has 80 valence electrons. The Morgan fingerprint density at radius 1 is 1.53 bits per heavy atom. The average molecular weight is 229 g/mol. The third-order valence-electron chi connectivity index (χ3n) is 2.87. The second kappa shape index (κ2) is 3.49. The van der Waals surface area contributed by atoms with E-state index in [1.54, 1.807) is 12.1 Å². The summed E-state index contributed by atoms with van der Waals surface area (Å²) in [6.07, 6.45) is 1.41. The predicted molar refractivity (Wildman–Crippen MR) is 54.6 cm³/mol. The molecule has 0 spiro atoms. The van der Waals surface area contributed by atoms with Crippen LogP contribution < -0.4 is 0 Å². The van der Waals surface area contributed by atoms with Crippen LogP contribution in [0.5, 0.6) is 0 Å². The van der Waals surface area contributed by atoms with E-state index in [0.29, 0.717) is 5.56 Å². The standard InChI is InChI=1S/C11H10ClFO2/c12-8-3-1-2-7(10(8)13)11(4-5-11)6-9(14)15/h1-3H,4-6H2,(H,14,15). The van der Waals surface area contributed by atoms with Crippen molar-refractivity contribution in [3.63, 3.8) is 0 Å². The van der Waals surface area contributed by atoms with Crippen LogP contribution in [0.4, 0.5) is 4.39 Å². The highest BCUT2D eigenvalue weighted by Gasteiger charge is 2.47. The van der Waals surface area contributed by atoms with Gasteiger partial charge in [0.1, 0.15) is 5.82 Å². The normalized spacial score (nSPS) is 17.5. The molecule has 0 radical (unpaired) electrons. The number of carbonyl (C=O) groups is 1. The fraction of sp³-hybridized carbons (Fsp3) is 0.364. The number of carboxylic acid groups (broad SMARTS) is 1. The van der Waals surface area contributed by atoms with Gasteiger partial charge in [0.25, 0.3) is 0 Å². The molecule has 0 saturated heterocycles. The molecule has 1 aliphatic rings. The van der Waals surface area contributed by atoms with Gasteiger partial charge in [-0.15, -0.1) is 0 Å². The molecule has 2 rings (SSSR count). The summed E-state index contributed by atoms with van der Waals surface area (Å²) < 4.78 is 13.7. The lowest BCUT2D eigenvalue weighted by Crippen LogP contribution is -2.14. The zero-order valence-electron chi connectivity index (χ0n) is 7.96. The lowest BCUT2D eigenvalue weighted by atomic mass is 9.92. The van der Waals surface area contributed by atoms with E-state index in [1.165, 1.54) is 6.07 Å². The van der Waals surface area contributed by atoms with Gasteiger partial charge in [-0.3, -0.25) is 4.79 Å². The molecule has 1 N–H and O–H groups in total. The van der Waals surface area contributed by atoms with E-state index >= 15 is 0 Å². The Labute approximate surface area is 91.7 Å². The molecule has 1 aromatic carbocycles.